The smallest absolute Gasteiger partial charge is 0.0629 e. The van der Waals surface area contributed by atoms with Crippen molar-refractivity contribution in [2.24, 2.45) is 4.99 Å². The second kappa shape index (κ2) is 9.60. The number of nitrogens with one attached hydrogen (secondary N) is 1. The van der Waals surface area contributed by atoms with Gasteiger partial charge in [0, 0.05) is 23.1 Å². The fraction of sp³-hybridized carbons (Fsp3) is 0.148. The van der Waals surface area contributed by atoms with Gasteiger partial charge in [-0.05, 0) is 66.7 Å². The summed E-state index contributed by atoms with van der Waals surface area (Å²) in [5.74, 6) is 0.370. The first kappa shape index (κ1) is 20.2. The number of rotatable bonds is 5. The van der Waals surface area contributed by atoms with E-state index in [4.69, 9.17) is 11.6 Å². The number of halogens is 1. The summed E-state index contributed by atoms with van der Waals surface area (Å²) < 4.78 is 0. The van der Waals surface area contributed by atoms with Crippen LogP contribution in [-0.2, 0) is 0 Å². The molecular formula is C27H25ClN2. The molecule has 0 spiro atoms. The van der Waals surface area contributed by atoms with Crippen LogP contribution in [0.1, 0.15) is 29.9 Å². The van der Waals surface area contributed by atoms with Crippen molar-refractivity contribution >= 4 is 29.2 Å². The van der Waals surface area contributed by atoms with Crippen LogP contribution < -0.4 is 5.32 Å². The molecule has 1 atom stereocenters. The molecule has 0 amide bonds. The van der Waals surface area contributed by atoms with Gasteiger partial charge < -0.3 is 5.32 Å². The summed E-state index contributed by atoms with van der Waals surface area (Å²) in [7, 11) is 0. The third-order valence-electron chi connectivity index (χ3n) is 5.36. The molecule has 4 rings (SSSR count). The molecule has 2 nitrogen and oxygen atoms in total. The summed E-state index contributed by atoms with van der Waals surface area (Å²) in [6.07, 6.45) is 5.73. The topological polar surface area (TPSA) is 24.4 Å². The molecular weight excluding hydrogens is 388 g/mol. The Bertz CT molecular complexity index is 1060. The molecule has 0 aromatic heterocycles. The maximum Gasteiger partial charge on any atom is 0.0629 e. The summed E-state index contributed by atoms with van der Waals surface area (Å²) in [6, 6.07) is 28.9. The van der Waals surface area contributed by atoms with Gasteiger partial charge in [-0.25, -0.2) is 0 Å². The zero-order chi connectivity index (χ0) is 20.8. The lowest BCUT2D eigenvalue weighted by molar-refractivity contribution is 0.667. The fourth-order valence-corrected chi connectivity index (χ4v) is 3.92. The van der Waals surface area contributed by atoms with Crippen LogP contribution in [-0.4, -0.2) is 6.21 Å². The van der Waals surface area contributed by atoms with Crippen LogP contribution in [0, 0.1) is 6.92 Å². The fourth-order valence-electron chi connectivity index (χ4n) is 3.67. The molecule has 0 radical (unpaired) electrons. The number of hydrogen-bond donors (Lipinski definition) is 1. The van der Waals surface area contributed by atoms with Crippen molar-refractivity contribution in [1.29, 1.82) is 0 Å². The predicted octanol–water partition coefficient (Wildman–Crippen LogP) is 7.76. The van der Waals surface area contributed by atoms with E-state index < -0.39 is 0 Å². The standard InChI is InChI=1S/C27H25ClN2/c1-20-12-14-21(15-13-20)22-16-23(18-29-25-8-4-2-5-9-25)27(28)24(17-22)19-30-26-10-6-3-7-11-26/h2-15,18-19,22,29H,16-17H2,1H3/b23-18+,30-19?. The maximum atomic E-state index is 6.84. The average molecular weight is 413 g/mol. The van der Waals surface area contributed by atoms with Gasteiger partial charge in [0.1, 0.15) is 0 Å². The van der Waals surface area contributed by atoms with Crippen molar-refractivity contribution in [2.75, 3.05) is 5.32 Å². The van der Waals surface area contributed by atoms with Gasteiger partial charge in [0.25, 0.3) is 0 Å². The first-order valence-corrected chi connectivity index (χ1v) is 10.6. The molecule has 150 valence electrons. The summed E-state index contributed by atoms with van der Waals surface area (Å²) in [5.41, 5.74) is 6.76. The number of benzene rings is 3. The second-order valence-corrected chi connectivity index (χ2v) is 8.01. The highest BCUT2D eigenvalue weighted by molar-refractivity contribution is 6.34. The van der Waals surface area contributed by atoms with Crippen LogP contribution >= 0.6 is 11.6 Å². The van der Waals surface area contributed by atoms with Gasteiger partial charge in [-0.1, -0.05) is 77.8 Å². The van der Waals surface area contributed by atoms with Crippen LogP contribution in [0.25, 0.3) is 0 Å². The van der Waals surface area contributed by atoms with E-state index in [1.807, 2.05) is 73.1 Å². The van der Waals surface area contributed by atoms with Gasteiger partial charge in [-0.15, -0.1) is 0 Å². The molecule has 0 heterocycles. The Hall–Kier alpha value is -3.10. The van der Waals surface area contributed by atoms with Crippen LogP contribution in [0.5, 0.6) is 0 Å². The molecule has 30 heavy (non-hydrogen) atoms. The zero-order valence-corrected chi connectivity index (χ0v) is 17.8. The Kier molecular flexibility index (Phi) is 6.46. The van der Waals surface area contributed by atoms with E-state index in [0.717, 1.165) is 40.4 Å². The minimum Gasteiger partial charge on any atom is -0.361 e. The van der Waals surface area contributed by atoms with Crippen molar-refractivity contribution in [2.45, 2.75) is 25.7 Å². The van der Waals surface area contributed by atoms with Gasteiger partial charge in [-0.2, -0.15) is 0 Å². The summed E-state index contributed by atoms with van der Waals surface area (Å²) in [5, 5.41) is 4.19. The highest BCUT2D eigenvalue weighted by Gasteiger charge is 2.24. The molecule has 3 aromatic carbocycles. The molecule has 0 aliphatic heterocycles. The van der Waals surface area contributed by atoms with Crippen LogP contribution in [0.3, 0.4) is 0 Å². The van der Waals surface area contributed by atoms with Crippen LogP contribution in [0.15, 0.2) is 112 Å². The molecule has 1 aliphatic carbocycles. The predicted molar refractivity (Wildman–Crippen MR) is 129 cm³/mol. The largest absolute Gasteiger partial charge is 0.361 e. The lowest BCUT2D eigenvalue weighted by Crippen LogP contribution is -2.12. The van der Waals surface area contributed by atoms with E-state index in [1.165, 1.54) is 11.1 Å². The number of aryl methyl sites for hydroxylation is 1. The van der Waals surface area contributed by atoms with Gasteiger partial charge in [0.05, 0.1) is 5.69 Å². The number of nitrogens with zero attached hydrogens (tertiary/aromatic N) is 1. The highest BCUT2D eigenvalue weighted by atomic mass is 35.5. The Balaban J connectivity index is 1.65. The number of aliphatic imine (C=N–C) groups is 1. The van der Waals surface area contributed by atoms with Crippen LogP contribution in [0.2, 0.25) is 0 Å². The summed E-state index contributed by atoms with van der Waals surface area (Å²) in [4.78, 5) is 4.66. The van der Waals surface area contributed by atoms with Gasteiger partial charge in [-0.3, -0.25) is 4.99 Å². The minimum atomic E-state index is 0.370. The Labute approximate surface area is 183 Å². The maximum absolute atomic E-state index is 6.84. The van der Waals surface area contributed by atoms with E-state index in [-0.39, 0.29) is 0 Å². The first-order chi connectivity index (χ1) is 14.7. The number of allylic oxidation sites excluding steroid dienone is 3. The molecule has 0 saturated heterocycles. The lowest BCUT2D eigenvalue weighted by Gasteiger charge is -2.26. The first-order valence-electron chi connectivity index (χ1n) is 10.2. The summed E-state index contributed by atoms with van der Waals surface area (Å²) >= 11 is 6.84. The number of hydrogen-bond acceptors (Lipinski definition) is 2. The molecule has 1 aliphatic rings. The Morgan fingerprint density at radius 3 is 2.23 bits per heavy atom. The normalized spacial score (nSPS) is 18.2. The number of anilines is 1. The quantitative estimate of drug-likeness (QED) is 0.425. The third kappa shape index (κ3) is 5.08. The molecule has 0 fully saturated rings. The van der Waals surface area contributed by atoms with E-state index in [2.05, 4.69) is 41.5 Å². The molecule has 3 heteroatoms. The molecule has 3 aromatic rings. The molecule has 1 N–H and O–H groups in total. The van der Waals surface area contributed by atoms with Gasteiger partial charge >= 0.3 is 0 Å². The number of para-hydroxylation sites is 2. The van der Waals surface area contributed by atoms with E-state index in [9.17, 15) is 0 Å². The third-order valence-corrected chi connectivity index (χ3v) is 5.84. The summed E-state index contributed by atoms with van der Waals surface area (Å²) in [6.45, 7) is 2.12. The minimum absolute atomic E-state index is 0.370. The van der Waals surface area contributed by atoms with Crippen molar-refractivity contribution in [3.63, 3.8) is 0 Å². The second-order valence-electron chi connectivity index (χ2n) is 7.63. The van der Waals surface area contributed by atoms with Crippen LogP contribution in [0.4, 0.5) is 11.4 Å². The molecule has 0 bridgehead atoms. The van der Waals surface area contributed by atoms with E-state index in [1.54, 1.807) is 0 Å². The average Bonchev–Trinajstić information content (AvgIpc) is 2.79. The molecule has 1 unspecified atom stereocenters. The van der Waals surface area contributed by atoms with Gasteiger partial charge in [0.2, 0.25) is 0 Å². The van der Waals surface area contributed by atoms with Crippen molar-refractivity contribution < 1.29 is 0 Å². The highest BCUT2D eigenvalue weighted by Crippen LogP contribution is 2.40. The monoisotopic (exact) mass is 412 g/mol. The van der Waals surface area contributed by atoms with Gasteiger partial charge in [0.15, 0.2) is 0 Å². The Morgan fingerprint density at radius 2 is 1.53 bits per heavy atom. The van der Waals surface area contributed by atoms with E-state index >= 15 is 0 Å². The lowest BCUT2D eigenvalue weighted by atomic mass is 9.81. The zero-order valence-electron chi connectivity index (χ0n) is 17.1. The molecule has 0 saturated carbocycles. The van der Waals surface area contributed by atoms with Crippen molar-refractivity contribution in [3.8, 4) is 0 Å². The van der Waals surface area contributed by atoms with Crippen molar-refractivity contribution in [3.05, 3.63) is 118 Å². The van der Waals surface area contributed by atoms with Crippen molar-refractivity contribution in [1.82, 2.24) is 0 Å². The SMILES string of the molecule is Cc1ccc(C2CC(C=Nc3ccccc3)=C(Cl)/C(=C/Nc3ccccc3)C2)cc1. The van der Waals surface area contributed by atoms with E-state index in [0.29, 0.717) is 5.92 Å². The Morgan fingerprint density at radius 1 is 0.867 bits per heavy atom.